The molecule has 1 aliphatic rings. The van der Waals surface area contributed by atoms with E-state index in [-0.39, 0.29) is 18.4 Å². The van der Waals surface area contributed by atoms with Crippen molar-refractivity contribution in [1.82, 2.24) is 4.90 Å². The molecule has 6 heteroatoms. The lowest BCUT2D eigenvalue weighted by Gasteiger charge is -2.18. The Morgan fingerprint density at radius 3 is 2.48 bits per heavy atom. The van der Waals surface area contributed by atoms with Gasteiger partial charge in [-0.2, -0.15) is 0 Å². The number of anilines is 2. The fourth-order valence-electron chi connectivity index (χ4n) is 2.25. The lowest BCUT2D eigenvalue weighted by molar-refractivity contribution is -0.146. The standard InChI is InChI=1S/C15H19N3O3/c1-10-6-7-11(16)8-12(10)17-13(19)9-18-14(20)4-2-3-5-15(18)21/h6-8H,2-5,9,16H2,1H3,(H,17,19). The molecule has 0 unspecified atom stereocenters. The Bertz CT molecular complexity index is 566. The third-order valence-electron chi connectivity index (χ3n) is 3.47. The van der Waals surface area contributed by atoms with Crippen LogP contribution in [-0.4, -0.2) is 29.2 Å². The van der Waals surface area contributed by atoms with Gasteiger partial charge in [0.1, 0.15) is 6.54 Å². The van der Waals surface area contributed by atoms with Gasteiger partial charge in [0.05, 0.1) is 0 Å². The second kappa shape index (κ2) is 6.39. The summed E-state index contributed by atoms with van der Waals surface area (Å²) in [5.41, 5.74) is 7.68. The Kier molecular flexibility index (Phi) is 4.57. The highest BCUT2D eigenvalue weighted by molar-refractivity contribution is 6.02. The molecule has 0 spiro atoms. The second-order valence-electron chi connectivity index (χ2n) is 5.20. The van der Waals surface area contributed by atoms with Crippen LogP contribution < -0.4 is 11.1 Å². The number of aryl methyl sites for hydroxylation is 1. The van der Waals surface area contributed by atoms with Crippen molar-refractivity contribution in [1.29, 1.82) is 0 Å². The van der Waals surface area contributed by atoms with Crippen LogP contribution in [0.1, 0.15) is 31.2 Å². The van der Waals surface area contributed by atoms with E-state index in [1.807, 2.05) is 6.92 Å². The summed E-state index contributed by atoms with van der Waals surface area (Å²) in [5.74, 6) is -0.957. The minimum Gasteiger partial charge on any atom is -0.399 e. The number of imide groups is 1. The van der Waals surface area contributed by atoms with Gasteiger partial charge in [-0.3, -0.25) is 19.3 Å². The maximum absolute atomic E-state index is 12.0. The van der Waals surface area contributed by atoms with Crippen LogP contribution in [0.2, 0.25) is 0 Å². The molecule has 2 rings (SSSR count). The predicted octanol–water partition coefficient (Wildman–Crippen LogP) is 1.44. The quantitative estimate of drug-likeness (QED) is 0.650. The molecule has 0 atom stereocenters. The fourth-order valence-corrected chi connectivity index (χ4v) is 2.25. The normalized spacial score (nSPS) is 15.8. The van der Waals surface area contributed by atoms with Crippen LogP contribution in [0.25, 0.3) is 0 Å². The van der Waals surface area contributed by atoms with Gasteiger partial charge >= 0.3 is 0 Å². The van der Waals surface area contributed by atoms with Crippen LogP contribution in [0.5, 0.6) is 0 Å². The summed E-state index contributed by atoms with van der Waals surface area (Å²) >= 11 is 0. The molecule has 1 heterocycles. The molecule has 6 nitrogen and oxygen atoms in total. The van der Waals surface area contributed by atoms with Gasteiger partial charge in [-0.25, -0.2) is 0 Å². The van der Waals surface area contributed by atoms with Gasteiger partial charge in [0.2, 0.25) is 17.7 Å². The first-order valence-corrected chi connectivity index (χ1v) is 6.96. The monoisotopic (exact) mass is 289 g/mol. The number of carbonyl (C=O) groups is 3. The topological polar surface area (TPSA) is 92.5 Å². The molecule has 1 fully saturated rings. The summed E-state index contributed by atoms with van der Waals surface area (Å²) < 4.78 is 0. The van der Waals surface area contributed by atoms with Crippen molar-refractivity contribution in [2.45, 2.75) is 32.6 Å². The number of nitrogens with zero attached hydrogens (tertiary/aromatic N) is 1. The van der Waals surface area contributed by atoms with E-state index in [4.69, 9.17) is 5.73 Å². The largest absolute Gasteiger partial charge is 0.399 e. The van der Waals surface area contributed by atoms with Gasteiger partial charge in [-0.15, -0.1) is 0 Å². The van der Waals surface area contributed by atoms with Crippen LogP contribution in [0.3, 0.4) is 0 Å². The molecule has 1 saturated heterocycles. The van der Waals surface area contributed by atoms with E-state index in [0.717, 1.165) is 10.5 Å². The zero-order chi connectivity index (χ0) is 15.4. The van der Waals surface area contributed by atoms with E-state index in [1.54, 1.807) is 18.2 Å². The highest BCUT2D eigenvalue weighted by Crippen LogP contribution is 2.18. The highest BCUT2D eigenvalue weighted by atomic mass is 16.2. The Labute approximate surface area is 123 Å². The Hall–Kier alpha value is -2.37. The number of nitrogen functional groups attached to an aromatic ring is 1. The van der Waals surface area contributed by atoms with E-state index in [1.165, 1.54) is 0 Å². The SMILES string of the molecule is Cc1ccc(N)cc1NC(=O)CN1C(=O)CCCCC1=O. The van der Waals surface area contributed by atoms with Crippen molar-refractivity contribution < 1.29 is 14.4 Å². The van der Waals surface area contributed by atoms with E-state index >= 15 is 0 Å². The first kappa shape index (κ1) is 15.0. The van der Waals surface area contributed by atoms with Gasteiger partial charge in [-0.1, -0.05) is 6.07 Å². The van der Waals surface area contributed by atoms with Gasteiger partial charge < -0.3 is 11.1 Å². The summed E-state index contributed by atoms with van der Waals surface area (Å²) in [4.78, 5) is 36.8. The minimum absolute atomic E-state index is 0.244. The molecular weight excluding hydrogens is 270 g/mol. The molecule has 112 valence electrons. The number of benzene rings is 1. The number of hydrogen-bond acceptors (Lipinski definition) is 4. The molecule has 1 aliphatic heterocycles. The van der Waals surface area contributed by atoms with Gasteiger partial charge in [0.15, 0.2) is 0 Å². The lowest BCUT2D eigenvalue weighted by Crippen LogP contribution is -2.41. The smallest absolute Gasteiger partial charge is 0.244 e. The van der Waals surface area contributed by atoms with Crippen molar-refractivity contribution in [3.05, 3.63) is 23.8 Å². The third-order valence-corrected chi connectivity index (χ3v) is 3.47. The molecule has 0 radical (unpaired) electrons. The minimum atomic E-state index is -0.396. The molecule has 0 aliphatic carbocycles. The average Bonchev–Trinajstić information content (AvgIpc) is 2.58. The maximum Gasteiger partial charge on any atom is 0.244 e. The van der Waals surface area contributed by atoms with Crippen molar-refractivity contribution in [3.8, 4) is 0 Å². The summed E-state index contributed by atoms with van der Waals surface area (Å²) in [6, 6.07) is 5.19. The molecule has 21 heavy (non-hydrogen) atoms. The number of hydrogen-bond donors (Lipinski definition) is 2. The third kappa shape index (κ3) is 3.81. The molecule has 1 aromatic carbocycles. The number of nitrogens with one attached hydrogen (secondary N) is 1. The van der Waals surface area contributed by atoms with E-state index in [0.29, 0.717) is 37.1 Å². The Morgan fingerprint density at radius 1 is 1.24 bits per heavy atom. The number of rotatable bonds is 3. The first-order valence-electron chi connectivity index (χ1n) is 6.96. The van der Waals surface area contributed by atoms with Gasteiger partial charge in [0, 0.05) is 24.2 Å². The van der Waals surface area contributed by atoms with E-state index < -0.39 is 5.91 Å². The molecule has 0 aromatic heterocycles. The molecular formula is C15H19N3O3. The molecule has 3 N–H and O–H groups in total. The zero-order valence-electron chi connectivity index (χ0n) is 12.0. The highest BCUT2D eigenvalue weighted by Gasteiger charge is 2.26. The van der Waals surface area contributed by atoms with Crippen molar-refractivity contribution in [2.24, 2.45) is 0 Å². The average molecular weight is 289 g/mol. The zero-order valence-corrected chi connectivity index (χ0v) is 12.0. The van der Waals surface area contributed by atoms with Crippen molar-refractivity contribution in [3.63, 3.8) is 0 Å². The van der Waals surface area contributed by atoms with E-state index in [9.17, 15) is 14.4 Å². The van der Waals surface area contributed by atoms with Gasteiger partial charge in [-0.05, 0) is 37.5 Å². The molecule has 0 bridgehead atoms. The van der Waals surface area contributed by atoms with Gasteiger partial charge in [0.25, 0.3) is 0 Å². The van der Waals surface area contributed by atoms with Crippen LogP contribution in [0.4, 0.5) is 11.4 Å². The van der Waals surface area contributed by atoms with Crippen LogP contribution in [0, 0.1) is 6.92 Å². The summed E-state index contributed by atoms with van der Waals surface area (Å²) in [6.07, 6.45) is 2.01. The maximum atomic E-state index is 12.0. The van der Waals surface area contributed by atoms with Crippen LogP contribution in [-0.2, 0) is 14.4 Å². The van der Waals surface area contributed by atoms with Crippen LogP contribution >= 0.6 is 0 Å². The summed E-state index contributed by atoms with van der Waals surface area (Å²) in [5, 5.41) is 2.69. The molecule has 1 aromatic rings. The number of nitrogens with two attached hydrogens (primary N) is 1. The number of amides is 3. The lowest BCUT2D eigenvalue weighted by atomic mass is 10.2. The predicted molar refractivity (Wildman–Crippen MR) is 79.4 cm³/mol. The summed E-state index contributed by atoms with van der Waals surface area (Å²) in [6.45, 7) is 1.60. The van der Waals surface area contributed by atoms with Crippen molar-refractivity contribution in [2.75, 3.05) is 17.6 Å². The van der Waals surface area contributed by atoms with Crippen molar-refractivity contribution >= 4 is 29.1 Å². The number of likely N-dealkylation sites (tertiary alicyclic amines) is 1. The first-order chi connectivity index (χ1) is 9.97. The molecule has 0 saturated carbocycles. The fraction of sp³-hybridized carbons (Fsp3) is 0.400. The summed E-state index contributed by atoms with van der Waals surface area (Å²) in [7, 11) is 0. The molecule has 3 amide bonds. The second-order valence-corrected chi connectivity index (χ2v) is 5.20. The van der Waals surface area contributed by atoms with Crippen LogP contribution in [0.15, 0.2) is 18.2 Å². The Balaban J connectivity index is 2.05. The van der Waals surface area contributed by atoms with E-state index in [2.05, 4.69) is 5.32 Å². The number of carbonyl (C=O) groups excluding carboxylic acids is 3. The Morgan fingerprint density at radius 2 is 1.86 bits per heavy atom.